The smallest absolute Gasteiger partial charge is 0.338 e. The Labute approximate surface area is 153 Å². The van der Waals surface area contributed by atoms with Crippen LogP contribution >= 0.6 is 11.3 Å². The van der Waals surface area contributed by atoms with Gasteiger partial charge in [0.2, 0.25) is 0 Å². The Kier molecular flexibility index (Phi) is 4.99. The van der Waals surface area contributed by atoms with Gasteiger partial charge in [0.1, 0.15) is 5.01 Å². The molecule has 0 bridgehead atoms. The summed E-state index contributed by atoms with van der Waals surface area (Å²) in [5.41, 5.74) is 0.649. The first kappa shape index (κ1) is 18.0. The maximum atomic E-state index is 13.0. The number of likely N-dealkylation sites (tertiary alicyclic amines) is 1. The van der Waals surface area contributed by atoms with Crippen LogP contribution in [0.4, 0.5) is 5.69 Å². The van der Waals surface area contributed by atoms with Gasteiger partial charge in [0, 0.05) is 35.3 Å². The molecule has 2 aromatic rings. The zero-order valence-corrected chi connectivity index (χ0v) is 15.1. The van der Waals surface area contributed by atoms with Gasteiger partial charge in [-0.05, 0) is 25.8 Å². The Hall–Kier alpha value is -2.81. The number of benzene rings is 1. The molecule has 1 aromatic carbocycles. The van der Waals surface area contributed by atoms with Gasteiger partial charge in [0.25, 0.3) is 11.6 Å². The minimum atomic E-state index is -0.726. The Morgan fingerprint density at radius 1 is 1.35 bits per heavy atom. The summed E-state index contributed by atoms with van der Waals surface area (Å²) < 4.78 is 4.63. The summed E-state index contributed by atoms with van der Waals surface area (Å²) in [5.74, 6) is -1.08. The fourth-order valence-electron chi connectivity index (χ4n) is 3.03. The van der Waals surface area contributed by atoms with Gasteiger partial charge in [0.15, 0.2) is 0 Å². The number of non-ortho nitro benzene ring substituents is 1. The summed E-state index contributed by atoms with van der Waals surface area (Å²) >= 11 is 1.50. The van der Waals surface area contributed by atoms with E-state index in [0.29, 0.717) is 6.54 Å². The number of thiazole rings is 1. The minimum Gasteiger partial charge on any atom is -0.465 e. The van der Waals surface area contributed by atoms with Crippen LogP contribution in [0.1, 0.15) is 50.3 Å². The van der Waals surface area contributed by atoms with Crippen LogP contribution in [0.15, 0.2) is 23.6 Å². The lowest BCUT2D eigenvalue weighted by Gasteiger charge is -2.23. The van der Waals surface area contributed by atoms with Crippen LogP contribution in [0.2, 0.25) is 0 Å². The summed E-state index contributed by atoms with van der Waals surface area (Å²) in [6.07, 6.45) is 1.62. The van der Waals surface area contributed by atoms with Crippen molar-refractivity contribution in [1.29, 1.82) is 0 Å². The molecule has 26 heavy (non-hydrogen) atoms. The van der Waals surface area contributed by atoms with E-state index in [1.54, 1.807) is 4.90 Å². The summed E-state index contributed by atoms with van der Waals surface area (Å²) in [4.78, 5) is 41.5. The van der Waals surface area contributed by atoms with E-state index in [1.807, 2.05) is 12.3 Å². The van der Waals surface area contributed by atoms with Crippen LogP contribution in [-0.4, -0.2) is 40.3 Å². The quantitative estimate of drug-likeness (QED) is 0.462. The first-order valence-electron chi connectivity index (χ1n) is 8.01. The van der Waals surface area contributed by atoms with Crippen LogP contribution in [-0.2, 0) is 4.74 Å². The number of ether oxygens (including phenoxy) is 1. The van der Waals surface area contributed by atoms with Crippen molar-refractivity contribution in [3.05, 3.63) is 55.5 Å². The predicted molar refractivity (Wildman–Crippen MR) is 94.3 cm³/mol. The Morgan fingerprint density at radius 3 is 2.69 bits per heavy atom. The normalized spacial score (nSPS) is 16.5. The van der Waals surface area contributed by atoms with Crippen molar-refractivity contribution in [3.8, 4) is 0 Å². The van der Waals surface area contributed by atoms with Crippen molar-refractivity contribution in [1.82, 2.24) is 9.88 Å². The number of aryl methyl sites for hydroxylation is 1. The van der Waals surface area contributed by atoms with E-state index in [4.69, 9.17) is 0 Å². The number of carbonyl (C=O) groups is 2. The van der Waals surface area contributed by atoms with E-state index < -0.39 is 10.9 Å². The SMILES string of the molecule is COC(=O)c1cc(C(=O)N2CCC[C@@H]2c2nc(C)cs2)cc([N+](=O)[O-])c1. The van der Waals surface area contributed by atoms with Crippen LogP contribution in [0.3, 0.4) is 0 Å². The Balaban J connectivity index is 1.96. The molecule has 1 saturated heterocycles. The number of rotatable bonds is 4. The standard InChI is InChI=1S/C17H17N3O5S/c1-10-9-26-15(18-10)14-4-3-5-19(14)16(21)11-6-12(17(22)25-2)8-13(7-11)20(23)24/h6-9,14H,3-5H2,1-2H3/t14-/m1/s1. The van der Waals surface area contributed by atoms with E-state index in [1.165, 1.54) is 30.6 Å². The van der Waals surface area contributed by atoms with Gasteiger partial charge in [-0.1, -0.05) is 0 Å². The highest BCUT2D eigenvalue weighted by Gasteiger charge is 2.33. The number of hydrogen-bond donors (Lipinski definition) is 0. The molecule has 9 heteroatoms. The summed E-state index contributed by atoms with van der Waals surface area (Å²) in [6.45, 7) is 2.43. The number of amides is 1. The number of hydrogen-bond acceptors (Lipinski definition) is 7. The molecule has 0 aliphatic carbocycles. The first-order valence-corrected chi connectivity index (χ1v) is 8.89. The highest BCUT2D eigenvalue weighted by atomic mass is 32.1. The van der Waals surface area contributed by atoms with Gasteiger partial charge in [-0.15, -0.1) is 11.3 Å². The largest absolute Gasteiger partial charge is 0.465 e. The second kappa shape index (κ2) is 7.20. The maximum absolute atomic E-state index is 13.0. The molecular formula is C17H17N3O5S. The molecule has 1 atom stereocenters. The van der Waals surface area contributed by atoms with Gasteiger partial charge in [0.05, 0.1) is 23.6 Å². The Bertz CT molecular complexity index is 879. The zero-order valence-electron chi connectivity index (χ0n) is 14.3. The third-order valence-electron chi connectivity index (χ3n) is 4.23. The van der Waals surface area contributed by atoms with Gasteiger partial charge in [-0.25, -0.2) is 9.78 Å². The Morgan fingerprint density at radius 2 is 2.08 bits per heavy atom. The first-order chi connectivity index (χ1) is 12.4. The molecular weight excluding hydrogens is 358 g/mol. The number of esters is 1. The molecule has 2 heterocycles. The van der Waals surface area contributed by atoms with Crippen molar-refractivity contribution in [2.24, 2.45) is 0 Å². The summed E-state index contributed by atoms with van der Waals surface area (Å²) in [6, 6.07) is 3.48. The molecule has 1 aliphatic rings. The maximum Gasteiger partial charge on any atom is 0.338 e. The number of nitro groups is 1. The van der Waals surface area contributed by atoms with Crippen LogP contribution in [0, 0.1) is 17.0 Å². The molecule has 0 saturated carbocycles. The lowest BCUT2D eigenvalue weighted by Crippen LogP contribution is -2.30. The van der Waals surface area contributed by atoms with Crippen LogP contribution in [0.25, 0.3) is 0 Å². The lowest BCUT2D eigenvalue weighted by atomic mass is 10.1. The van der Waals surface area contributed by atoms with E-state index >= 15 is 0 Å². The second-order valence-electron chi connectivity index (χ2n) is 6.00. The van der Waals surface area contributed by atoms with Crippen molar-refractivity contribution in [2.45, 2.75) is 25.8 Å². The topological polar surface area (TPSA) is 103 Å². The summed E-state index contributed by atoms with van der Waals surface area (Å²) in [5, 5.41) is 14.0. The van der Waals surface area contributed by atoms with Gasteiger partial charge >= 0.3 is 5.97 Å². The predicted octanol–water partition coefficient (Wildman–Crippen LogP) is 3.12. The van der Waals surface area contributed by atoms with Gasteiger partial charge in [-0.3, -0.25) is 14.9 Å². The number of carbonyl (C=O) groups excluding carboxylic acids is 2. The monoisotopic (exact) mass is 375 g/mol. The van der Waals surface area contributed by atoms with E-state index in [2.05, 4.69) is 9.72 Å². The summed E-state index contributed by atoms with van der Waals surface area (Å²) in [7, 11) is 1.18. The van der Waals surface area contributed by atoms with Gasteiger partial charge in [-0.2, -0.15) is 0 Å². The lowest BCUT2D eigenvalue weighted by molar-refractivity contribution is -0.384. The average Bonchev–Trinajstić information content (AvgIpc) is 3.28. The highest BCUT2D eigenvalue weighted by molar-refractivity contribution is 7.09. The molecule has 0 radical (unpaired) electrons. The molecule has 136 valence electrons. The molecule has 1 aromatic heterocycles. The van der Waals surface area contributed by atoms with E-state index in [0.717, 1.165) is 29.6 Å². The number of nitrogens with zero attached hydrogens (tertiary/aromatic N) is 3. The molecule has 0 spiro atoms. The molecule has 1 amide bonds. The molecule has 0 unspecified atom stereocenters. The third kappa shape index (κ3) is 3.43. The average molecular weight is 375 g/mol. The van der Waals surface area contributed by atoms with Crippen molar-refractivity contribution >= 4 is 28.9 Å². The van der Waals surface area contributed by atoms with E-state index in [-0.39, 0.29) is 28.8 Å². The van der Waals surface area contributed by atoms with E-state index in [9.17, 15) is 19.7 Å². The molecule has 3 rings (SSSR count). The fraction of sp³-hybridized carbons (Fsp3) is 0.353. The molecule has 1 fully saturated rings. The van der Waals surface area contributed by atoms with Gasteiger partial charge < -0.3 is 9.64 Å². The zero-order chi connectivity index (χ0) is 18.8. The second-order valence-corrected chi connectivity index (χ2v) is 6.89. The number of methoxy groups -OCH3 is 1. The van der Waals surface area contributed by atoms with Crippen molar-refractivity contribution in [2.75, 3.05) is 13.7 Å². The number of aromatic nitrogens is 1. The third-order valence-corrected chi connectivity index (χ3v) is 5.30. The molecule has 1 aliphatic heterocycles. The highest BCUT2D eigenvalue weighted by Crippen LogP contribution is 2.35. The van der Waals surface area contributed by atoms with Crippen LogP contribution < -0.4 is 0 Å². The molecule has 0 N–H and O–H groups in total. The minimum absolute atomic E-state index is 0.0223. The van der Waals surface area contributed by atoms with Crippen LogP contribution in [0.5, 0.6) is 0 Å². The fourth-order valence-corrected chi connectivity index (χ4v) is 3.98. The van der Waals surface area contributed by atoms with Crippen molar-refractivity contribution in [3.63, 3.8) is 0 Å². The van der Waals surface area contributed by atoms with Crippen molar-refractivity contribution < 1.29 is 19.2 Å². The molecule has 8 nitrogen and oxygen atoms in total. The number of nitro benzene ring substituents is 1.